The van der Waals surface area contributed by atoms with Gasteiger partial charge in [-0.05, 0) is 63.6 Å². The second kappa shape index (κ2) is 12.3. The van der Waals surface area contributed by atoms with Gasteiger partial charge in [-0.2, -0.15) is 0 Å². The Hall–Kier alpha value is -4.35. The number of urea groups is 1. The number of nitrogens with one attached hydrogen (secondary N) is 3. The summed E-state index contributed by atoms with van der Waals surface area (Å²) in [6, 6.07) is 1.95. The van der Waals surface area contributed by atoms with Gasteiger partial charge in [0.15, 0.2) is 0 Å². The first-order chi connectivity index (χ1) is 18.0. The molecular formula is C26H32N4O8. The zero-order chi connectivity index (χ0) is 28.0. The van der Waals surface area contributed by atoms with E-state index in [0.717, 1.165) is 22.1 Å². The Labute approximate surface area is 217 Å². The maximum absolute atomic E-state index is 12.7. The van der Waals surface area contributed by atoms with Crippen molar-refractivity contribution in [3.05, 3.63) is 45.0 Å². The number of carbonyl (C=O) groups is 4. The molecule has 2 aromatic heterocycles. The minimum Gasteiger partial charge on any atom is -0.480 e. The predicted molar refractivity (Wildman–Crippen MR) is 139 cm³/mol. The number of rotatable bonds is 12. The Morgan fingerprint density at radius 2 is 1.66 bits per heavy atom. The standard InChI is InChI=1S/C26H32N4O8/c1-13-15(3)37-20-11-21-18(10-17(13)20)14(2)16(25(35)38-21)7-8-22(31)30-19(24(34)29-12-23(32)33)6-4-5-9-28-26(27)36/h10-11,19H,4-9,12H2,1-3H3,(H,29,34)(H,30,31)(H,32,33)(H3,27,28,36). The first-order valence-electron chi connectivity index (χ1n) is 12.3. The number of furan rings is 1. The summed E-state index contributed by atoms with van der Waals surface area (Å²) in [7, 11) is 0. The van der Waals surface area contributed by atoms with Crippen molar-refractivity contribution in [1.29, 1.82) is 0 Å². The van der Waals surface area contributed by atoms with Crippen LogP contribution in [0.2, 0.25) is 0 Å². The molecule has 0 spiro atoms. The summed E-state index contributed by atoms with van der Waals surface area (Å²) in [5, 5.41) is 17.8. The number of carboxylic acid groups (broad SMARTS) is 1. The fourth-order valence-corrected chi connectivity index (χ4v) is 4.26. The van der Waals surface area contributed by atoms with E-state index in [9.17, 15) is 24.0 Å². The van der Waals surface area contributed by atoms with E-state index in [1.807, 2.05) is 19.9 Å². The second-order valence-corrected chi connectivity index (χ2v) is 9.14. The van der Waals surface area contributed by atoms with Gasteiger partial charge in [-0.25, -0.2) is 9.59 Å². The van der Waals surface area contributed by atoms with Crippen LogP contribution >= 0.6 is 0 Å². The number of nitrogens with two attached hydrogens (primary N) is 1. The van der Waals surface area contributed by atoms with Crippen LogP contribution in [0.5, 0.6) is 0 Å². The lowest BCUT2D eigenvalue weighted by atomic mass is 10.00. The van der Waals surface area contributed by atoms with Crippen molar-refractivity contribution in [3.63, 3.8) is 0 Å². The molecule has 2 heterocycles. The van der Waals surface area contributed by atoms with Gasteiger partial charge in [-0.3, -0.25) is 14.4 Å². The van der Waals surface area contributed by atoms with E-state index >= 15 is 0 Å². The molecule has 0 bridgehead atoms. The summed E-state index contributed by atoms with van der Waals surface area (Å²) >= 11 is 0. The van der Waals surface area contributed by atoms with Crippen LogP contribution in [0.3, 0.4) is 0 Å². The van der Waals surface area contributed by atoms with Gasteiger partial charge in [-0.15, -0.1) is 0 Å². The smallest absolute Gasteiger partial charge is 0.339 e. The highest BCUT2D eigenvalue weighted by Crippen LogP contribution is 2.31. The fraction of sp³-hybridized carbons (Fsp3) is 0.423. The zero-order valence-corrected chi connectivity index (χ0v) is 21.6. The van der Waals surface area contributed by atoms with Crippen molar-refractivity contribution in [2.24, 2.45) is 5.73 Å². The zero-order valence-electron chi connectivity index (χ0n) is 21.6. The monoisotopic (exact) mass is 528 g/mol. The lowest BCUT2D eigenvalue weighted by Gasteiger charge is -2.18. The molecule has 204 valence electrons. The van der Waals surface area contributed by atoms with E-state index in [2.05, 4.69) is 16.0 Å². The van der Waals surface area contributed by atoms with Gasteiger partial charge in [-0.1, -0.05) is 0 Å². The van der Waals surface area contributed by atoms with Gasteiger partial charge < -0.3 is 35.6 Å². The Morgan fingerprint density at radius 3 is 2.34 bits per heavy atom. The number of primary amides is 1. The number of aliphatic carboxylic acids is 1. The molecule has 0 aliphatic carbocycles. The van der Waals surface area contributed by atoms with E-state index in [1.54, 1.807) is 13.0 Å². The molecule has 4 amide bonds. The molecule has 3 aromatic rings. The molecule has 0 aliphatic rings. The van der Waals surface area contributed by atoms with E-state index in [4.69, 9.17) is 19.7 Å². The van der Waals surface area contributed by atoms with E-state index < -0.39 is 42.0 Å². The van der Waals surface area contributed by atoms with Crippen molar-refractivity contribution >= 4 is 45.8 Å². The highest BCUT2D eigenvalue weighted by atomic mass is 16.4. The van der Waals surface area contributed by atoms with Gasteiger partial charge in [0, 0.05) is 35.4 Å². The van der Waals surface area contributed by atoms with Crippen molar-refractivity contribution < 1.29 is 33.1 Å². The summed E-state index contributed by atoms with van der Waals surface area (Å²) in [5.41, 5.74) is 7.53. The van der Waals surface area contributed by atoms with Crippen LogP contribution < -0.4 is 27.3 Å². The number of carbonyl (C=O) groups excluding carboxylic acids is 3. The van der Waals surface area contributed by atoms with Crippen LogP contribution in [-0.2, 0) is 20.8 Å². The average molecular weight is 529 g/mol. The van der Waals surface area contributed by atoms with Crippen LogP contribution in [0.25, 0.3) is 21.9 Å². The van der Waals surface area contributed by atoms with Gasteiger partial charge in [0.2, 0.25) is 11.8 Å². The second-order valence-electron chi connectivity index (χ2n) is 9.14. The molecule has 6 N–H and O–H groups in total. The third kappa shape index (κ3) is 6.90. The summed E-state index contributed by atoms with van der Waals surface area (Å²) in [6.45, 7) is 5.32. The molecule has 3 rings (SSSR count). The van der Waals surface area contributed by atoms with Crippen LogP contribution in [0.15, 0.2) is 25.8 Å². The molecule has 1 atom stereocenters. The number of hydrogen-bond acceptors (Lipinski definition) is 7. The van der Waals surface area contributed by atoms with Gasteiger partial charge in [0.25, 0.3) is 0 Å². The first kappa shape index (κ1) is 28.2. The predicted octanol–water partition coefficient (Wildman–Crippen LogP) is 1.92. The molecule has 0 fully saturated rings. The lowest BCUT2D eigenvalue weighted by Crippen LogP contribution is -2.48. The molecule has 0 saturated carbocycles. The molecule has 38 heavy (non-hydrogen) atoms. The molecule has 0 saturated heterocycles. The Morgan fingerprint density at radius 1 is 0.974 bits per heavy atom. The Balaban J connectivity index is 1.71. The minimum atomic E-state index is -1.22. The number of aryl methyl sites for hydroxylation is 3. The van der Waals surface area contributed by atoms with Crippen LogP contribution in [-0.4, -0.2) is 48.1 Å². The number of benzene rings is 1. The van der Waals surface area contributed by atoms with E-state index in [0.29, 0.717) is 41.7 Å². The minimum absolute atomic E-state index is 0.0867. The number of carboxylic acids is 1. The Kier molecular flexibility index (Phi) is 9.11. The molecule has 12 heteroatoms. The number of hydrogen-bond donors (Lipinski definition) is 5. The molecule has 12 nitrogen and oxygen atoms in total. The third-order valence-electron chi connectivity index (χ3n) is 6.47. The van der Waals surface area contributed by atoms with Crippen molar-refractivity contribution in [2.45, 2.75) is 58.9 Å². The quantitative estimate of drug-likeness (QED) is 0.174. The molecule has 1 aromatic carbocycles. The summed E-state index contributed by atoms with van der Waals surface area (Å²) < 4.78 is 11.3. The summed E-state index contributed by atoms with van der Waals surface area (Å²) in [4.78, 5) is 59.5. The van der Waals surface area contributed by atoms with Crippen molar-refractivity contribution in [2.75, 3.05) is 13.1 Å². The largest absolute Gasteiger partial charge is 0.480 e. The molecule has 0 radical (unpaired) electrons. The van der Waals surface area contributed by atoms with E-state index in [-0.39, 0.29) is 19.3 Å². The lowest BCUT2D eigenvalue weighted by molar-refractivity contribution is -0.138. The highest BCUT2D eigenvalue weighted by molar-refractivity contribution is 5.97. The molecule has 0 aliphatic heterocycles. The normalized spacial score (nSPS) is 11.9. The average Bonchev–Trinajstić information content (AvgIpc) is 3.12. The fourth-order valence-electron chi connectivity index (χ4n) is 4.26. The van der Waals surface area contributed by atoms with Gasteiger partial charge in [0.05, 0.1) is 0 Å². The molecular weight excluding hydrogens is 496 g/mol. The number of amides is 4. The summed E-state index contributed by atoms with van der Waals surface area (Å²) in [6.07, 6.45) is 1.18. The number of fused-ring (bicyclic) bond motifs is 2. The number of unbranched alkanes of at least 4 members (excludes halogenated alkanes) is 1. The van der Waals surface area contributed by atoms with Crippen molar-refractivity contribution in [3.8, 4) is 0 Å². The van der Waals surface area contributed by atoms with Gasteiger partial charge >= 0.3 is 17.6 Å². The third-order valence-corrected chi connectivity index (χ3v) is 6.47. The maximum Gasteiger partial charge on any atom is 0.339 e. The van der Waals surface area contributed by atoms with E-state index in [1.165, 1.54) is 0 Å². The highest BCUT2D eigenvalue weighted by Gasteiger charge is 2.22. The molecule has 1 unspecified atom stereocenters. The SMILES string of the molecule is Cc1oc2cc3oc(=O)c(CCC(=O)NC(CCCCNC(N)=O)C(=O)NCC(=O)O)c(C)c3cc2c1C. The van der Waals surface area contributed by atoms with Crippen LogP contribution in [0.4, 0.5) is 4.79 Å². The van der Waals surface area contributed by atoms with Gasteiger partial charge in [0.1, 0.15) is 29.5 Å². The first-order valence-corrected chi connectivity index (χ1v) is 12.3. The van der Waals surface area contributed by atoms with Crippen molar-refractivity contribution in [1.82, 2.24) is 16.0 Å². The Bertz CT molecular complexity index is 1440. The van der Waals surface area contributed by atoms with Crippen LogP contribution in [0, 0.1) is 20.8 Å². The maximum atomic E-state index is 12.7. The topological polar surface area (TPSA) is 194 Å². The summed E-state index contributed by atoms with van der Waals surface area (Å²) in [5.74, 6) is -1.56. The van der Waals surface area contributed by atoms with Crippen LogP contribution in [0.1, 0.15) is 48.1 Å².